The fraction of sp³-hybridized carbons (Fsp3) is 0.421. The van der Waals surface area contributed by atoms with E-state index in [0.717, 1.165) is 22.7 Å². The van der Waals surface area contributed by atoms with E-state index in [0.29, 0.717) is 18.4 Å². The van der Waals surface area contributed by atoms with Gasteiger partial charge in [-0.3, -0.25) is 14.4 Å². The molecule has 2 aromatic heterocycles. The highest BCUT2D eigenvalue weighted by Crippen LogP contribution is 2.48. The van der Waals surface area contributed by atoms with Gasteiger partial charge < -0.3 is 25.6 Å². The van der Waals surface area contributed by atoms with Crippen LogP contribution in [0, 0.1) is 11.3 Å². The van der Waals surface area contributed by atoms with Crippen molar-refractivity contribution >= 4 is 63.7 Å². The number of ether oxygens (including phenoxy) is 1. The van der Waals surface area contributed by atoms with Crippen LogP contribution in [0.2, 0.25) is 8.67 Å². The van der Waals surface area contributed by atoms with E-state index < -0.39 is 34.9 Å². The number of esters is 1. The predicted octanol–water partition coefficient (Wildman–Crippen LogP) is 2.53. The van der Waals surface area contributed by atoms with E-state index in [1.165, 1.54) is 7.11 Å². The third kappa shape index (κ3) is 5.21. The van der Waals surface area contributed by atoms with Crippen LogP contribution in [0.15, 0.2) is 24.3 Å². The number of carbonyl (C=O) groups excluding carboxylic acids is 3. The Bertz CT molecular complexity index is 933. The van der Waals surface area contributed by atoms with Crippen molar-refractivity contribution < 1.29 is 29.3 Å². The summed E-state index contributed by atoms with van der Waals surface area (Å²) in [7, 11) is 1.21. The molecule has 1 fully saturated rings. The normalized spacial score (nSPS) is 19.1. The van der Waals surface area contributed by atoms with Gasteiger partial charge >= 0.3 is 5.97 Å². The van der Waals surface area contributed by atoms with E-state index in [4.69, 9.17) is 27.9 Å². The molecule has 3 rings (SSSR count). The highest BCUT2D eigenvalue weighted by Gasteiger charge is 2.59. The first-order valence-corrected chi connectivity index (χ1v) is 11.6. The molecule has 31 heavy (non-hydrogen) atoms. The fourth-order valence-corrected chi connectivity index (χ4v) is 5.56. The maximum absolute atomic E-state index is 12.5. The molecule has 1 unspecified atom stereocenters. The van der Waals surface area contributed by atoms with Crippen LogP contribution in [-0.2, 0) is 9.53 Å². The van der Waals surface area contributed by atoms with Crippen molar-refractivity contribution in [2.75, 3.05) is 20.2 Å². The highest BCUT2D eigenvalue weighted by molar-refractivity contribution is 7.18. The SMILES string of the molecule is COC(=O)C1CC(O)(O)C(CNC(=O)c2ccc(Cl)s2)(CNC(=O)c2ccc(Cl)s2)C1. The molecule has 8 nitrogen and oxygen atoms in total. The number of rotatable bonds is 7. The van der Waals surface area contributed by atoms with E-state index in [1.54, 1.807) is 24.3 Å². The average Bonchev–Trinajstić information content (AvgIpc) is 3.41. The number of thiophene rings is 2. The van der Waals surface area contributed by atoms with Gasteiger partial charge in [0.2, 0.25) is 0 Å². The van der Waals surface area contributed by atoms with Gasteiger partial charge in [0.05, 0.1) is 36.9 Å². The Morgan fingerprint density at radius 2 is 1.48 bits per heavy atom. The van der Waals surface area contributed by atoms with Crippen molar-refractivity contribution in [1.82, 2.24) is 10.6 Å². The molecule has 0 saturated heterocycles. The van der Waals surface area contributed by atoms with Gasteiger partial charge in [0.1, 0.15) is 0 Å². The quantitative estimate of drug-likeness (QED) is 0.337. The second-order valence-corrected chi connectivity index (χ2v) is 10.7. The summed E-state index contributed by atoms with van der Waals surface area (Å²) >= 11 is 13.9. The molecule has 1 saturated carbocycles. The second kappa shape index (κ2) is 9.43. The summed E-state index contributed by atoms with van der Waals surface area (Å²) in [6, 6.07) is 6.26. The summed E-state index contributed by atoms with van der Waals surface area (Å²) in [5.41, 5.74) is -1.43. The van der Waals surface area contributed by atoms with E-state index in [1.807, 2.05) is 0 Å². The second-order valence-electron chi connectivity index (χ2n) is 7.30. The van der Waals surface area contributed by atoms with Crippen molar-refractivity contribution in [3.8, 4) is 0 Å². The Hall–Kier alpha value is -1.69. The molecule has 1 aliphatic carbocycles. The Morgan fingerprint density at radius 1 is 1.00 bits per heavy atom. The molecule has 0 aromatic carbocycles. The zero-order valence-electron chi connectivity index (χ0n) is 16.3. The van der Waals surface area contributed by atoms with Crippen LogP contribution < -0.4 is 10.6 Å². The Balaban J connectivity index is 1.80. The van der Waals surface area contributed by atoms with Crippen molar-refractivity contribution in [2.24, 2.45) is 11.3 Å². The molecule has 0 spiro atoms. The van der Waals surface area contributed by atoms with Crippen molar-refractivity contribution in [2.45, 2.75) is 18.6 Å². The van der Waals surface area contributed by atoms with Crippen LogP contribution in [0.1, 0.15) is 32.2 Å². The first kappa shape index (κ1) is 24.0. The Kier molecular flexibility index (Phi) is 7.29. The number of carbonyl (C=O) groups is 3. The van der Waals surface area contributed by atoms with Gasteiger partial charge in [0.15, 0.2) is 5.79 Å². The smallest absolute Gasteiger partial charge is 0.308 e. The van der Waals surface area contributed by atoms with E-state index >= 15 is 0 Å². The lowest BCUT2D eigenvalue weighted by molar-refractivity contribution is -0.223. The van der Waals surface area contributed by atoms with Crippen LogP contribution in [0.4, 0.5) is 0 Å². The van der Waals surface area contributed by atoms with Crippen LogP contribution >= 0.6 is 45.9 Å². The Morgan fingerprint density at radius 3 is 1.87 bits per heavy atom. The molecule has 2 heterocycles. The summed E-state index contributed by atoms with van der Waals surface area (Å²) in [6.45, 7) is -0.402. The molecule has 12 heteroatoms. The molecular weight excluding hydrogens is 487 g/mol. The van der Waals surface area contributed by atoms with E-state index in [9.17, 15) is 24.6 Å². The number of nitrogens with one attached hydrogen (secondary N) is 2. The third-order valence-corrected chi connectivity index (χ3v) is 7.78. The number of halogens is 2. The lowest BCUT2D eigenvalue weighted by Crippen LogP contribution is -2.56. The highest BCUT2D eigenvalue weighted by atomic mass is 35.5. The largest absolute Gasteiger partial charge is 0.469 e. The van der Waals surface area contributed by atoms with Crippen molar-refractivity contribution in [3.05, 3.63) is 42.7 Å². The zero-order chi connectivity index (χ0) is 22.8. The lowest BCUT2D eigenvalue weighted by atomic mass is 9.80. The summed E-state index contributed by atoms with van der Waals surface area (Å²) < 4.78 is 5.63. The fourth-order valence-electron chi connectivity index (χ4n) is 3.64. The molecule has 1 atom stereocenters. The minimum Gasteiger partial charge on any atom is -0.469 e. The molecule has 2 aromatic rings. The Labute approximate surface area is 196 Å². The number of amides is 2. The topological polar surface area (TPSA) is 125 Å². The maximum Gasteiger partial charge on any atom is 0.308 e. The molecule has 1 aliphatic rings. The first-order chi connectivity index (χ1) is 14.6. The van der Waals surface area contributed by atoms with Crippen LogP contribution in [-0.4, -0.2) is 54.0 Å². The molecule has 0 radical (unpaired) electrons. The maximum atomic E-state index is 12.5. The average molecular weight is 507 g/mol. The molecule has 168 valence electrons. The number of hydrogen-bond donors (Lipinski definition) is 4. The van der Waals surface area contributed by atoms with Gasteiger partial charge in [-0.25, -0.2) is 0 Å². The number of aliphatic hydroxyl groups is 2. The molecule has 0 bridgehead atoms. The molecule has 4 N–H and O–H groups in total. The van der Waals surface area contributed by atoms with Gasteiger partial charge in [-0.05, 0) is 30.7 Å². The number of methoxy groups -OCH3 is 1. The van der Waals surface area contributed by atoms with Gasteiger partial charge in [0, 0.05) is 19.5 Å². The molecular formula is C19H20Cl2N2O6S2. The number of hydrogen-bond acceptors (Lipinski definition) is 8. The summed E-state index contributed by atoms with van der Waals surface area (Å²) in [5, 5.41) is 26.9. The third-order valence-electron chi connectivity index (χ3n) is 5.32. The monoisotopic (exact) mass is 506 g/mol. The standard InChI is InChI=1S/C19H20Cl2N2O6S2/c1-29-17(26)10-6-18(19(27,28)7-10,8-22-15(24)11-2-4-13(20)30-11)9-23-16(25)12-3-5-14(21)31-12/h2-5,10,27-28H,6-9H2,1H3,(H,22,24)(H,23,25). The minimum atomic E-state index is -2.34. The van der Waals surface area contributed by atoms with Crippen LogP contribution in [0.3, 0.4) is 0 Å². The van der Waals surface area contributed by atoms with E-state index in [2.05, 4.69) is 10.6 Å². The van der Waals surface area contributed by atoms with Crippen LogP contribution in [0.25, 0.3) is 0 Å². The van der Waals surface area contributed by atoms with Gasteiger partial charge in [-0.15, -0.1) is 22.7 Å². The molecule has 0 aliphatic heterocycles. The zero-order valence-corrected chi connectivity index (χ0v) is 19.5. The summed E-state index contributed by atoms with van der Waals surface area (Å²) in [4.78, 5) is 37.7. The van der Waals surface area contributed by atoms with E-state index in [-0.39, 0.29) is 25.9 Å². The van der Waals surface area contributed by atoms with Gasteiger partial charge in [-0.1, -0.05) is 23.2 Å². The first-order valence-electron chi connectivity index (χ1n) is 9.16. The van der Waals surface area contributed by atoms with Crippen molar-refractivity contribution in [1.29, 1.82) is 0 Å². The minimum absolute atomic E-state index is 0.0103. The van der Waals surface area contributed by atoms with Crippen molar-refractivity contribution in [3.63, 3.8) is 0 Å². The predicted molar refractivity (Wildman–Crippen MR) is 118 cm³/mol. The van der Waals surface area contributed by atoms with Gasteiger partial charge in [0.25, 0.3) is 11.8 Å². The summed E-state index contributed by atoms with van der Waals surface area (Å²) in [5.74, 6) is -4.65. The summed E-state index contributed by atoms with van der Waals surface area (Å²) in [6.07, 6.45) is -0.301. The van der Waals surface area contributed by atoms with Gasteiger partial charge in [-0.2, -0.15) is 0 Å². The lowest BCUT2D eigenvalue weighted by Gasteiger charge is -2.38. The van der Waals surface area contributed by atoms with Crippen LogP contribution in [0.5, 0.6) is 0 Å². The molecule has 2 amide bonds.